The van der Waals surface area contributed by atoms with Gasteiger partial charge in [-0.2, -0.15) is 0 Å². The Kier molecular flexibility index (Phi) is 6.43. The van der Waals surface area contributed by atoms with Crippen molar-refractivity contribution in [2.75, 3.05) is 6.61 Å². The van der Waals surface area contributed by atoms with Crippen LogP contribution in [0, 0.1) is 0 Å². The molecule has 0 spiro atoms. The van der Waals surface area contributed by atoms with E-state index in [1.807, 2.05) is 0 Å². The first kappa shape index (κ1) is 21.5. The number of benzene rings is 1. The van der Waals surface area contributed by atoms with Crippen LogP contribution >= 0.6 is 11.6 Å². The quantitative estimate of drug-likeness (QED) is 0.238. The fraction of sp³-hybridized carbons (Fsp3) is 0.500. The van der Waals surface area contributed by atoms with Gasteiger partial charge in [0.15, 0.2) is 5.06 Å². The summed E-state index contributed by atoms with van der Waals surface area (Å²) in [4.78, 5) is 24.1. The van der Waals surface area contributed by atoms with Gasteiger partial charge < -0.3 is 40.7 Å². The van der Waals surface area contributed by atoms with E-state index in [9.17, 15) is 30.0 Å². The number of carbonyl (C=O) groups is 2. The molecule has 1 saturated heterocycles. The number of nitrogens with two attached hydrogens (primary N) is 1. The second kappa shape index (κ2) is 8.07. The van der Waals surface area contributed by atoms with Gasteiger partial charge in [0.25, 0.3) is 0 Å². The summed E-state index contributed by atoms with van der Waals surface area (Å²) in [5, 5.41) is 46.0. The zero-order chi connectivity index (χ0) is 20.4. The number of carbonyl (C=O) groups excluding carboxylic acids is 1. The lowest BCUT2D eigenvalue weighted by atomic mass is 9.88. The van der Waals surface area contributed by atoms with Gasteiger partial charge in [-0.1, -0.05) is 29.8 Å². The number of aliphatic hydroxyl groups is 4. The third-order valence-electron chi connectivity index (χ3n) is 4.22. The smallest absolute Gasteiger partial charge is 0.377 e. The van der Waals surface area contributed by atoms with Crippen LogP contribution in [0.2, 0.25) is 0 Å². The van der Waals surface area contributed by atoms with Gasteiger partial charge in [-0.15, -0.1) is 0 Å². The number of hydrogen-bond acceptors (Lipinski definition) is 9. The number of ether oxygens (including phenoxy) is 2. The maximum atomic E-state index is 12.3. The lowest BCUT2D eigenvalue weighted by Crippen LogP contribution is -2.71. The van der Waals surface area contributed by atoms with Crippen molar-refractivity contribution < 1.29 is 44.6 Å². The number of aliphatic carboxylic acids is 1. The van der Waals surface area contributed by atoms with Crippen molar-refractivity contribution >= 4 is 23.5 Å². The molecular weight excluding hydrogens is 386 g/mol. The van der Waals surface area contributed by atoms with E-state index in [-0.39, 0.29) is 5.56 Å². The monoisotopic (exact) mass is 405 g/mol. The third-order valence-corrected chi connectivity index (χ3v) is 4.77. The predicted octanol–water partition coefficient (Wildman–Crippen LogP) is -1.62. The molecule has 1 aliphatic heterocycles. The van der Waals surface area contributed by atoms with E-state index in [4.69, 9.17) is 31.9 Å². The minimum Gasteiger partial charge on any atom is -0.476 e. The van der Waals surface area contributed by atoms with Crippen LogP contribution in [-0.2, 0) is 14.3 Å². The molecule has 10 nitrogen and oxygen atoms in total. The van der Waals surface area contributed by atoms with Gasteiger partial charge in [-0.05, 0) is 12.1 Å². The Morgan fingerprint density at radius 3 is 2.44 bits per heavy atom. The predicted molar refractivity (Wildman–Crippen MR) is 89.6 cm³/mol. The van der Waals surface area contributed by atoms with Gasteiger partial charge in [0.2, 0.25) is 0 Å². The number of carboxylic acids is 1. The van der Waals surface area contributed by atoms with Crippen LogP contribution in [0.1, 0.15) is 16.8 Å². The van der Waals surface area contributed by atoms with E-state index < -0.39 is 60.2 Å². The first-order valence-electron chi connectivity index (χ1n) is 7.89. The number of aliphatic hydroxyl groups excluding tert-OH is 4. The molecule has 0 radical (unpaired) electrons. The summed E-state index contributed by atoms with van der Waals surface area (Å²) >= 11 is 6.12. The largest absolute Gasteiger partial charge is 0.476 e. The number of esters is 1. The normalized spacial score (nSPS) is 33.1. The Bertz CT molecular complexity index is 690. The Labute approximate surface area is 158 Å². The Hall–Kier alpha value is -1.79. The maximum Gasteiger partial charge on any atom is 0.377 e. The van der Waals surface area contributed by atoms with E-state index in [0.717, 1.165) is 0 Å². The third kappa shape index (κ3) is 4.06. The Morgan fingerprint density at radius 1 is 1.33 bits per heavy atom. The average molecular weight is 406 g/mol. The van der Waals surface area contributed by atoms with Crippen molar-refractivity contribution in [3.05, 3.63) is 35.9 Å². The van der Waals surface area contributed by atoms with Gasteiger partial charge in [0.1, 0.15) is 12.2 Å². The molecule has 7 N–H and O–H groups in total. The molecule has 0 saturated carbocycles. The van der Waals surface area contributed by atoms with E-state index in [1.54, 1.807) is 6.07 Å². The van der Waals surface area contributed by atoms with Crippen LogP contribution in [-0.4, -0.2) is 79.3 Å². The highest BCUT2D eigenvalue weighted by Gasteiger charge is 2.63. The molecule has 0 unspecified atom stereocenters. The van der Waals surface area contributed by atoms with Crippen molar-refractivity contribution in [2.45, 2.75) is 41.6 Å². The molecular formula is C16H20ClNO9. The molecule has 27 heavy (non-hydrogen) atoms. The molecule has 11 heteroatoms. The van der Waals surface area contributed by atoms with E-state index in [1.165, 1.54) is 24.3 Å². The first-order valence-corrected chi connectivity index (χ1v) is 8.26. The van der Waals surface area contributed by atoms with Crippen molar-refractivity contribution in [1.29, 1.82) is 0 Å². The number of carboxylic acid groups (broad SMARTS) is 1. The standard InChI is InChI=1S/C16H20ClNO9/c17-16(12(22)10(21)7-19)11(18)9(20)6-15(27-16,14(24)25)26-13(23)8-4-2-1-3-5-8/h1-5,9-12,19-22H,6-7,18H2,(H,24,25)/t9-,10+,11+,12+,15-,16+/m0/s1. The van der Waals surface area contributed by atoms with Crippen molar-refractivity contribution in [2.24, 2.45) is 5.73 Å². The number of alkyl halides is 1. The van der Waals surface area contributed by atoms with Crippen LogP contribution in [0.4, 0.5) is 0 Å². The van der Waals surface area contributed by atoms with Gasteiger partial charge in [-0.25, -0.2) is 9.59 Å². The number of rotatable bonds is 6. The molecule has 1 fully saturated rings. The van der Waals surface area contributed by atoms with Crippen LogP contribution in [0.5, 0.6) is 0 Å². The highest BCUT2D eigenvalue weighted by molar-refractivity contribution is 6.24. The molecule has 1 heterocycles. The van der Waals surface area contributed by atoms with E-state index in [2.05, 4.69) is 0 Å². The first-order chi connectivity index (χ1) is 12.6. The fourth-order valence-corrected chi connectivity index (χ4v) is 3.08. The van der Waals surface area contributed by atoms with Gasteiger partial charge >= 0.3 is 17.7 Å². The van der Waals surface area contributed by atoms with Crippen LogP contribution < -0.4 is 5.73 Å². The minimum absolute atomic E-state index is 0.00204. The highest BCUT2D eigenvalue weighted by Crippen LogP contribution is 2.42. The van der Waals surface area contributed by atoms with Crippen molar-refractivity contribution in [3.63, 3.8) is 0 Å². The molecule has 2 rings (SSSR count). The topological polar surface area (TPSA) is 180 Å². The Morgan fingerprint density at radius 2 is 1.93 bits per heavy atom. The summed E-state index contributed by atoms with van der Waals surface area (Å²) < 4.78 is 10.2. The lowest BCUT2D eigenvalue weighted by molar-refractivity contribution is -0.304. The zero-order valence-electron chi connectivity index (χ0n) is 13.9. The zero-order valence-corrected chi connectivity index (χ0v) is 14.7. The lowest BCUT2D eigenvalue weighted by Gasteiger charge is -2.49. The van der Waals surface area contributed by atoms with Crippen LogP contribution in [0.3, 0.4) is 0 Å². The summed E-state index contributed by atoms with van der Waals surface area (Å²) in [6.45, 7) is -0.953. The summed E-state index contributed by atoms with van der Waals surface area (Å²) in [6, 6.07) is 5.81. The second-order valence-electron chi connectivity index (χ2n) is 6.11. The molecule has 6 atom stereocenters. The highest BCUT2D eigenvalue weighted by atomic mass is 35.5. The average Bonchev–Trinajstić information content (AvgIpc) is 2.65. The summed E-state index contributed by atoms with van der Waals surface area (Å²) in [7, 11) is 0. The molecule has 0 bridgehead atoms. The summed E-state index contributed by atoms with van der Waals surface area (Å²) in [5.74, 6) is -5.69. The molecule has 0 amide bonds. The maximum absolute atomic E-state index is 12.3. The summed E-state index contributed by atoms with van der Waals surface area (Å²) in [5.41, 5.74) is 5.72. The minimum atomic E-state index is -2.79. The van der Waals surface area contributed by atoms with Gasteiger partial charge in [0.05, 0.1) is 30.7 Å². The second-order valence-corrected chi connectivity index (χ2v) is 6.70. The molecule has 1 aromatic carbocycles. The number of halogens is 1. The molecule has 1 aliphatic rings. The molecule has 0 aromatic heterocycles. The van der Waals surface area contributed by atoms with Crippen molar-refractivity contribution in [1.82, 2.24) is 0 Å². The van der Waals surface area contributed by atoms with Crippen molar-refractivity contribution in [3.8, 4) is 0 Å². The summed E-state index contributed by atoms with van der Waals surface area (Å²) in [6.07, 6.45) is -6.44. The van der Waals surface area contributed by atoms with Crippen LogP contribution in [0.25, 0.3) is 0 Å². The SMILES string of the molecule is N[C@@H]1[C@@H](O)C[C@@](OC(=O)c2ccccc2)(C(=O)O)O[C@@]1(Cl)[C@H](O)[C@H](O)CO. The molecule has 0 aliphatic carbocycles. The fourth-order valence-electron chi connectivity index (χ4n) is 2.67. The van der Waals surface area contributed by atoms with Crippen LogP contribution in [0.15, 0.2) is 30.3 Å². The van der Waals surface area contributed by atoms with E-state index >= 15 is 0 Å². The number of hydrogen-bond donors (Lipinski definition) is 6. The van der Waals surface area contributed by atoms with E-state index in [0.29, 0.717) is 0 Å². The van der Waals surface area contributed by atoms with Gasteiger partial charge in [0, 0.05) is 0 Å². The molecule has 1 aromatic rings. The Balaban J connectivity index is 2.40. The molecule has 150 valence electrons. The van der Waals surface area contributed by atoms with Gasteiger partial charge in [-0.3, -0.25) is 0 Å².